The zero-order valence-electron chi connectivity index (χ0n) is 9.75. The Hall–Kier alpha value is -0.160. The van der Waals surface area contributed by atoms with E-state index < -0.39 is 0 Å². The highest BCUT2D eigenvalue weighted by Gasteiger charge is 2.21. The fourth-order valence-electron chi connectivity index (χ4n) is 2.10. The molecule has 1 aromatic rings. The van der Waals surface area contributed by atoms with Gasteiger partial charge >= 0.3 is 0 Å². The smallest absolute Gasteiger partial charge is 0.124 e. The predicted octanol–water partition coefficient (Wildman–Crippen LogP) is 2.80. The maximum Gasteiger partial charge on any atom is 0.124 e. The van der Waals surface area contributed by atoms with E-state index in [0.29, 0.717) is 6.04 Å². The summed E-state index contributed by atoms with van der Waals surface area (Å²) in [5.74, 6) is -0.190. The second kappa shape index (κ2) is 6.69. The average molecular weight is 324 g/mol. The highest BCUT2D eigenvalue weighted by molar-refractivity contribution is 9.10. The first-order chi connectivity index (χ1) is 7.69. The van der Waals surface area contributed by atoms with E-state index in [1.165, 1.54) is 18.6 Å². The summed E-state index contributed by atoms with van der Waals surface area (Å²) < 4.78 is 13.8. The molecular formula is C12H17BrClFN2. The molecule has 5 heteroatoms. The van der Waals surface area contributed by atoms with E-state index in [1.54, 1.807) is 0 Å². The standard InChI is InChI=1S/C12H16BrFN2.ClH/c1-15-11-4-5-16(8-11)7-9-2-3-10(14)6-12(9)13;/h2-3,6,11,15H,4-5,7-8H2,1H3;1H. The van der Waals surface area contributed by atoms with Crippen LogP contribution in [-0.4, -0.2) is 31.1 Å². The minimum atomic E-state index is -0.190. The van der Waals surface area contributed by atoms with Crippen LogP contribution >= 0.6 is 28.3 Å². The van der Waals surface area contributed by atoms with Crippen LogP contribution in [0.1, 0.15) is 12.0 Å². The Balaban J connectivity index is 0.00000144. The van der Waals surface area contributed by atoms with E-state index in [1.807, 2.05) is 13.1 Å². The van der Waals surface area contributed by atoms with Gasteiger partial charge in [0, 0.05) is 30.1 Å². The molecule has 1 atom stereocenters. The molecule has 17 heavy (non-hydrogen) atoms. The third-order valence-electron chi connectivity index (χ3n) is 3.09. The molecule has 0 aromatic heterocycles. The van der Waals surface area contributed by atoms with E-state index in [-0.39, 0.29) is 18.2 Å². The molecule has 1 saturated heterocycles. The van der Waals surface area contributed by atoms with Crippen molar-refractivity contribution >= 4 is 28.3 Å². The Bertz CT molecular complexity index is 376. The molecule has 1 aromatic carbocycles. The topological polar surface area (TPSA) is 15.3 Å². The van der Waals surface area contributed by atoms with Gasteiger partial charge in [0.15, 0.2) is 0 Å². The first-order valence-corrected chi connectivity index (χ1v) is 6.32. The second-order valence-corrected chi connectivity index (χ2v) is 5.10. The molecule has 0 radical (unpaired) electrons. The zero-order valence-corrected chi connectivity index (χ0v) is 12.2. The molecule has 2 rings (SSSR count). The van der Waals surface area contributed by atoms with Gasteiger partial charge in [0.25, 0.3) is 0 Å². The normalized spacial score (nSPS) is 20.3. The van der Waals surface area contributed by atoms with Crippen LogP contribution in [0.4, 0.5) is 4.39 Å². The number of hydrogen-bond acceptors (Lipinski definition) is 2. The molecule has 2 nitrogen and oxygen atoms in total. The van der Waals surface area contributed by atoms with Crippen molar-refractivity contribution in [1.82, 2.24) is 10.2 Å². The van der Waals surface area contributed by atoms with Gasteiger partial charge in [-0.2, -0.15) is 0 Å². The second-order valence-electron chi connectivity index (χ2n) is 4.25. The van der Waals surface area contributed by atoms with Gasteiger partial charge in [0.1, 0.15) is 5.82 Å². The minimum absolute atomic E-state index is 0. The lowest BCUT2D eigenvalue weighted by molar-refractivity contribution is 0.321. The number of nitrogens with zero attached hydrogens (tertiary/aromatic N) is 1. The summed E-state index contributed by atoms with van der Waals surface area (Å²) in [4.78, 5) is 2.39. The van der Waals surface area contributed by atoms with E-state index in [4.69, 9.17) is 0 Å². The summed E-state index contributed by atoms with van der Waals surface area (Å²) in [7, 11) is 2.00. The summed E-state index contributed by atoms with van der Waals surface area (Å²) in [6.07, 6.45) is 1.19. The number of benzene rings is 1. The fraction of sp³-hybridized carbons (Fsp3) is 0.500. The molecule has 1 aliphatic heterocycles. The van der Waals surface area contributed by atoms with Gasteiger partial charge < -0.3 is 5.32 Å². The first-order valence-electron chi connectivity index (χ1n) is 5.52. The molecule has 0 bridgehead atoms. The van der Waals surface area contributed by atoms with Gasteiger partial charge in [0.05, 0.1) is 0 Å². The Morgan fingerprint density at radius 2 is 2.29 bits per heavy atom. The molecule has 0 amide bonds. The number of likely N-dealkylation sites (N-methyl/N-ethyl adjacent to an activating group) is 1. The third kappa shape index (κ3) is 3.91. The molecule has 1 unspecified atom stereocenters. The molecule has 0 saturated carbocycles. The number of halogens is 3. The average Bonchev–Trinajstić information content (AvgIpc) is 2.70. The summed E-state index contributed by atoms with van der Waals surface area (Å²) in [6, 6.07) is 5.50. The number of likely N-dealkylation sites (tertiary alicyclic amines) is 1. The number of nitrogens with one attached hydrogen (secondary N) is 1. The van der Waals surface area contributed by atoms with Crippen molar-refractivity contribution in [2.45, 2.75) is 19.0 Å². The Morgan fingerprint density at radius 3 is 2.88 bits per heavy atom. The van der Waals surface area contributed by atoms with Crippen LogP contribution in [0.25, 0.3) is 0 Å². The van der Waals surface area contributed by atoms with Crippen LogP contribution in [0, 0.1) is 5.82 Å². The molecular weight excluding hydrogens is 307 g/mol. The monoisotopic (exact) mass is 322 g/mol. The lowest BCUT2D eigenvalue weighted by Gasteiger charge is -2.16. The van der Waals surface area contributed by atoms with Crippen molar-refractivity contribution < 1.29 is 4.39 Å². The molecule has 0 spiro atoms. The Kier molecular flexibility index (Phi) is 5.86. The van der Waals surface area contributed by atoms with Crippen molar-refractivity contribution in [2.75, 3.05) is 20.1 Å². The molecule has 0 aliphatic carbocycles. The third-order valence-corrected chi connectivity index (χ3v) is 3.83. The van der Waals surface area contributed by atoms with E-state index in [9.17, 15) is 4.39 Å². The van der Waals surface area contributed by atoms with Gasteiger partial charge in [-0.05, 0) is 31.2 Å². The highest BCUT2D eigenvalue weighted by atomic mass is 79.9. The van der Waals surface area contributed by atoms with Crippen molar-refractivity contribution in [3.8, 4) is 0 Å². The van der Waals surface area contributed by atoms with Crippen LogP contribution in [0.2, 0.25) is 0 Å². The summed E-state index contributed by atoms with van der Waals surface area (Å²) >= 11 is 3.40. The summed E-state index contributed by atoms with van der Waals surface area (Å²) in [6.45, 7) is 3.06. The van der Waals surface area contributed by atoms with Gasteiger partial charge in [-0.25, -0.2) is 4.39 Å². The molecule has 1 heterocycles. The predicted molar refractivity (Wildman–Crippen MR) is 74.1 cm³/mol. The van der Waals surface area contributed by atoms with E-state index in [0.717, 1.165) is 29.7 Å². The first kappa shape index (κ1) is 14.9. The van der Waals surface area contributed by atoms with Gasteiger partial charge in [0.2, 0.25) is 0 Å². The molecule has 96 valence electrons. The molecule has 1 aliphatic rings. The van der Waals surface area contributed by atoms with E-state index >= 15 is 0 Å². The fourth-order valence-corrected chi connectivity index (χ4v) is 2.58. The van der Waals surface area contributed by atoms with Crippen LogP contribution in [0.3, 0.4) is 0 Å². The van der Waals surface area contributed by atoms with Crippen LogP contribution in [0.15, 0.2) is 22.7 Å². The minimum Gasteiger partial charge on any atom is -0.316 e. The highest BCUT2D eigenvalue weighted by Crippen LogP contribution is 2.21. The maximum absolute atomic E-state index is 12.9. The summed E-state index contributed by atoms with van der Waals surface area (Å²) in [5, 5.41) is 3.29. The van der Waals surface area contributed by atoms with Gasteiger partial charge in [-0.3, -0.25) is 4.90 Å². The zero-order chi connectivity index (χ0) is 11.5. The summed E-state index contributed by atoms with van der Waals surface area (Å²) in [5.41, 5.74) is 1.15. The molecule has 1 N–H and O–H groups in total. The molecule has 1 fully saturated rings. The van der Waals surface area contributed by atoms with Crippen molar-refractivity contribution in [1.29, 1.82) is 0 Å². The van der Waals surface area contributed by atoms with E-state index in [2.05, 4.69) is 26.1 Å². The Morgan fingerprint density at radius 1 is 1.53 bits per heavy atom. The van der Waals surface area contributed by atoms with Crippen molar-refractivity contribution in [3.05, 3.63) is 34.1 Å². The van der Waals surface area contributed by atoms with Crippen LogP contribution in [-0.2, 0) is 6.54 Å². The largest absolute Gasteiger partial charge is 0.316 e. The number of hydrogen-bond donors (Lipinski definition) is 1. The van der Waals surface area contributed by atoms with Crippen LogP contribution < -0.4 is 5.32 Å². The van der Waals surface area contributed by atoms with Crippen molar-refractivity contribution in [3.63, 3.8) is 0 Å². The maximum atomic E-state index is 12.9. The van der Waals surface area contributed by atoms with Gasteiger partial charge in [-0.15, -0.1) is 12.4 Å². The van der Waals surface area contributed by atoms with Crippen molar-refractivity contribution in [2.24, 2.45) is 0 Å². The quantitative estimate of drug-likeness (QED) is 0.920. The Labute approximate surface area is 116 Å². The SMILES string of the molecule is CNC1CCN(Cc2ccc(F)cc2Br)C1.Cl. The van der Waals surface area contributed by atoms with Gasteiger partial charge in [-0.1, -0.05) is 22.0 Å². The lowest BCUT2D eigenvalue weighted by atomic mass is 10.2. The number of rotatable bonds is 3. The lowest BCUT2D eigenvalue weighted by Crippen LogP contribution is -2.29. The van der Waals surface area contributed by atoms with Crippen LogP contribution in [0.5, 0.6) is 0 Å².